The molecule has 172 valence electrons. The molecule has 6 rings (SSSR count). The van der Waals surface area contributed by atoms with Crippen molar-refractivity contribution >= 4 is 21.8 Å². The van der Waals surface area contributed by atoms with Gasteiger partial charge in [0.2, 0.25) is 0 Å². The van der Waals surface area contributed by atoms with E-state index in [9.17, 15) is 0 Å². The summed E-state index contributed by atoms with van der Waals surface area (Å²) < 4.78 is 9.76. The largest absolute Gasteiger partial charge is 0.379 e. The van der Waals surface area contributed by atoms with E-state index in [1.807, 2.05) is 10.9 Å². The van der Waals surface area contributed by atoms with Crippen LogP contribution in [0.1, 0.15) is 12.5 Å². The van der Waals surface area contributed by atoms with Crippen molar-refractivity contribution in [2.24, 2.45) is 0 Å². The number of hydrogen-bond donors (Lipinski definition) is 0. The van der Waals surface area contributed by atoms with E-state index < -0.39 is 0 Å². The SMILES string of the molecule is CCn1c2ccccc2c2cc(-n3nncc3-c3ccc(CCN4CCOCC4)cc3)ccc21. The number of ether oxygens (including phenoxy) is 1. The highest BCUT2D eigenvalue weighted by Crippen LogP contribution is 2.31. The number of fused-ring (bicyclic) bond motifs is 3. The van der Waals surface area contributed by atoms with Gasteiger partial charge >= 0.3 is 0 Å². The lowest BCUT2D eigenvalue weighted by Gasteiger charge is -2.26. The number of rotatable bonds is 6. The Morgan fingerprint density at radius 2 is 1.68 bits per heavy atom. The molecule has 0 bridgehead atoms. The molecule has 0 atom stereocenters. The minimum Gasteiger partial charge on any atom is -0.379 e. The topological polar surface area (TPSA) is 48.1 Å². The van der Waals surface area contributed by atoms with E-state index in [0.29, 0.717) is 0 Å². The molecule has 0 amide bonds. The van der Waals surface area contributed by atoms with Crippen LogP contribution in [0, 0.1) is 0 Å². The molecule has 6 heteroatoms. The van der Waals surface area contributed by atoms with Crippen LogP contribution in [0.2, 0.25) is 0 Å². The normalized spacial score (nSPS) is 14.9. The third kappa shape index (κ3) is 3.79. The number of hydrogen-bond acceptors (Lipinski definition) is 4. The molecule has 0 N–H and O–H groups in total. The maximum Gasteiger partial charge on any atom is 0.0944 e. The summed E-state index contributed by atoms with van der Waals surface area (Å²) >= 11 is 0. The quantitative estimate of drug-likeness (QED) is 0.367. The van der Waals surface area contributed by atoms with E-state index in [1.54, 1.807) is 0 Å². The first-order chi connectivity index (χ1) is 16.8. The summed E-state index contributed by atoms with van der Waals surface area (Å²) in [7, 11) is 0. The zero-order valence-electron chi connectivity index (χ0n) is 19.5. The monoisotopic (exact) mass is 451 g/mol. The number of benzene rings is 3. The number of nitrogens with zero attached hydrogens (tertiary/aromatic N) is 5. The molecule has 0 spiro atoms. The molecule has 1 saturated heterocycles. The van der Waals surface area contributed by atoms with E-state index in [0.717, 1.165) is 62.8 Å². The van der Waals surface area contributed by atoms with Crippen LogP contribution < -0.4 is 0 Å². The first-order valence-corrected chi connectivity index (χ1v) is 12.1. The number of morpholine rings is 1. The van der Waals surface area contributed by atoms with Gasteiger partial charge in [-0.3, -0.25) is 4.90 Å². The third-order valence-electron chi connectivity index (χ3n) is 6.94. The zero-order chi connectivity index (χ0) is 22.9. The lowest BCUT2D eigenvalue weighted by Crippen LogP contribution is -2.37. The molecular formula is C28H29N5O. The predicted octanol–water partition coefficient (Wildman–Crippen LogP) is 4.94. The fraction of sp³-hybridized carbons (Fsp3) is 0.286. The van der Waals surface area contributed by atoms with E-state index in [-0.39, 0.29) is 0 Å². The van der Waals surface area contributed by atoms with Gasteiger partial charge in [0.1, 0.15) is 0 Å². The van der Waals surface area contributed by atoms with Crippen LogP contribution in [-0.4, -0.2) is 57.3 Å². The highest BCUT2D eigenvalue weighted by Gasteiger charge is 2.14. The van der Waals surface area contributed by atoms with Crippen molar-refractivity contribution < 1.29 is 4.74 Å². The highest BCUT2D eigenvalue weighted by atomic mass is 16.5. The lowest BCUT2D eigenvalue weighted by molar-refractivity contribution is 0.0384. The molecule has 5 aromatic rings. The van der Waals surface area contributed by atoms with Gasteiger partial charge in [0.05, 0.1) is 30.8 Å². The lowest BCUT2D eigenvalue weighted by atomic mass is 10.1. The highest BCUT2D eigenvalue weighted by molar-refractivity contribution is 6.08. The number of aryl methyl sites for hydroxylation is 1. The molecule has 0 saturated carbocycles. The summed E-state index contributed by atoms with van der Waals surface area (Å²) in [6, 6.07) is 24.0. The first kappa shape index (κ1) is 21.1. The van der Waals surface area contributed by atoms with Crippen molar-refractivity contribution in [2.75, 3.05) is 32.8 Å². The molecule has 0 radical (unpaired) electrons. The first-order valence-electron chi connectivity index (χ1n) is 12.1. The Balaban J connectivity index is 1.29. The average Bonchev–Trinajstić information content (AvgIpc) is 3.51. The predicted molar refractivity (Wildman–Crippen MR) is 136 cm³/mol. The van der Waals surface area contributed by atoms with Gasteiger partial charge in [0.15, 0.2) is 0 Å². The van der Waals surface area contributed by atoms with Gasteiger partial charge in [-0.25, -0.2) is 4.68 Å². The molecule has 3 heterocycles. The second kappa shape index (κ2) is 9.05. The Labute approximate surface area is 199 Å². The van der Waals surface area contributed by atoms with Crippen LogP contribution in [0.25, 0.3) is 38.8 Å². The van der Waals surface area contributed by atoms with Gasteiger partial charge in [-0.15, -0.1) is 5.10 Å². The summed E-state index contributed by atoms with van der Waals surface area (Å²) in [6.45, 7) is 7.97. The summed E-state index contributed by atoms with van der Waals surface area (Å²) in [5, 5.41) is 11.2. The van der Waals surface area contributed by atoms with E-state index in [1.165, 1.54) is 27.4 Å². The van der Waals surface area contributed by atoms with Crippen LogP contribution in [0.5, 0.6) is 0 Å². The van der Waals surface area contributed by atoms with Gasteiger partial charge in [-0.05, 0) is 43.2 Å². The Kier molecular flexibility index (Phi) is 5.61. The number of para-hydroxylation sites is 1. The molecule has 1 aliphatic heterocycles. The number of aromatic nitrogens is 4. The molecule has 1 aliphatic rings. The van der Waals surface area contributed by atoms with Crippen molar-refractivity contribution in [3.63, 3.8) is 0 Å². The van der Waals surface area contributed by atoms with Crippen LogP contribution >= 0.6 is 0 Å². The molecule has 2 aromatic heterocycles. The van der Waals surface area contributed by atoms with Crippen LogP contribution in [-0.2, 0) is 17.7 Å². The van der Waals surface area contributed by atoms with Crippen LogP contribution in [0.4, 0.5) is 0 Å². The maximum atomic E-state index is 5.45. The average molecular weight is 452 g/mol. The smallest absolute Gasteiger partial charge is 0.0944 e. The standard InChI is InChI=1S/C28H29N5O/c1-2-32-26-6-4-3-5-24(26)25-19-23(11-12-27(25)32)33-28(20-29-30-33)22-9-7-21(8-10-22)13-14-31-15-17-34-18-16-31/h3-12,19-20H,2,13-18H2,1H3. The van der Waals surface area contributed by atoms with Crippen molar-refractivity contribution in [1.29, 1.82) is 0 Å². The fourth-order valence-electron chi connectivity index (χ4n) is 5.09. The second-order valence-corrected chi connectivity index (χ2v) is 8.89. The fourth-order valence-corrected chi connectivity index (χ4v) is 5.09. The minimum atomic E-state index is 0.848. The van der Waals surface area contributed by atoms with Gasteiger partial charge < -0.3 is 9.30 Å². The van der Waals surface area contributed by atoms with E-state index in [2.05, 4.69) is 93.4 Å². The van der Waals surface area contributed by atoms with E-state index >= 15 is 0 Å². The van der Waals surface area contributed by atoms with Crippen LogP contribution in [0.3, 0.4) is 0 Å². The molecule has 0 unspecified atom stereocenters. The van der Waals surface area contributed by atoms with Gasteiger partial charge in [0.25, 0.3) is 0 Å². The molecule has 1 fully saturated rings. The molecular weight excluding hydrogens is 422 g/mol. The summed E-state index contributed by atoms with van der Waals surface area (Å²) in [5.41, 5.74) is 7.01. The third-order valence-corrected chi connectivity index (χ3v) is 6.94. The summed E-state index contributed by atoms with van der Waals surface area (Å²) in [5.74, 6) is 0. The molecule has 34 heavy (non-hydrogen) atoms. The van der Waals surface area contributed by atoms with Gasteiger partial charge in [-0.1, -0.05) is 47.7 Å². The van der Waals surface area contributed by atoms with Gasteiger partial charge in [-0.2, -0.15) is 0 Å². The van der Waals surface area contributed by atoms with Crippen molar-refractivity contribution in [3.05, 3.63) is 78.5 Å². The molecule has 6 nitrogen and oxygen atoms in total. The minimum absolute atomic E-state index is 0.848. The Morgan fingerprint density at radius 1 is 0.882 bits per heavy atom. The Bertz CT molecular complexity index is 1430. The van der Waals surface area contributed by atoms with Crippen molar-refractivity contribution in [1.82, 2.24) is 24.5 Å². The van der Waals surface area contributed by atoms with Crippen molar-refractivity contribution in [3.8, 4) is 16.9 Å². The summed E-state index contributed by atoms with van der Waals surface area (Å²) in [4.78, 5) is 2.47. The second-order valence-electron chi connectivity index (χ2n) is 8.89. The summed E-state index contributed by atoms with van der Waals surface area (Å²) in [6.07, 6.45) is 2.90. The Hall–Kier alpha value is -3.48. The van der Waals surface area contributed by atoms with Crippen molar-refractivity contribution in [2.45, 2.75) is 19.9 Å². The van der Waals surface area contributed by atoms with Crippen LogP contribution in [0.15, 0.2) is 72.9 Å². The molecule has 3 aromatic carbocycles. The van der Waals surface area contributed by atoms with E-state index in [4.69, 9.17) is 4.74 Å². The maximum absolute atomic E-state index is 5.45. The molecule has 0 aliphatic carbocycles. The van der Waals surface area contributed by atoms with Gasteiger partial charge in [0, 0.05) is 53.5 Å². The Morgan fingerprint density at radius 3 is 2.50 bits per heavy atom. The zero-order valence-corrected chi connectivity index (χ0v) is 19.5.